The third-order valence-corrected chi connectivity index (χ3v) is 4.14. The molecule has 0 saturated heterocycles. The number of nitrogens with one attached hydrogen (secondary N) is 1. The van der Waals surface area contributed by atoms with Crippen LogP contribution >= 0.6 is 11.6 Å². The number of ether oxygens (including phenoxy) is 2. The van der Waals surface area contributed by atoms with Gasteiger partial charge in [0.15, 0.2) is 0 Å². The normalized spacial score (nSPS) is 11.0. The van der Waals surface area contributed by atoms with Crippen molar-refractivity contribution in [1.82, 2.24) is 15.0 Å². The highest BCUT2D eigenvalue weighted by Gasteiger charge is 2.20. The lowest BCUT2D eigenvalue weighted by atomic mass is 10.4. The van der Waals surface area contributed by atoms with Crippen LogP contribution in [0.2, 0.25) is 5.02 Å². The molecule has 0 radical (unpaired) electrons. The van der Waals surface area contributed by atoms with Gasteiger partial charge in [-0.2, -0.15) is 9.97 Å². The molecule has 0 amide bonds. The first-order valence-electron chi connectivity index (χ1n) is 5.57. The summed E-state index contributed by atoms with van der Waals surface area (Å²) < 4.78 is 36.4. The van der Waals surface area contributed by atoms with Gasteiger partial charge in [-0.1, -0.05) is 23.7 Å². The zero-order valence-corrected chi connectivity index (χ0v) is 12.6. The van der Waals surface area contributed by atoms with E-state index in [1.165, 1.54) is 26.4 Å². The highest BCUT2D eigenvalue weighted by molar-refractivity contribution is 7.92. The number of sulfonamides is 1. The standard InChI is InChI=1S/C11H11ClN4O4S/c1-19-10-13-9(14-11(15-10)20-2)16-21(17,18)8-6-4-3-5-7(8)12/h3-6H,1-2H3,(H,13,14,15,16). The Morgan fingerprint density at radius 2 is 1.62 bits per heavy atom. The Morgan fingerprint density at radius 3 is 2.14 bits per heavy atom. The molecular formula is C11H11ClN4O4S. The number of aromatic nitrogens is 3. The largest absolute Gasteiger partial charge is 0.467 e. The van der Waals surface area contributed by atoms with Gasteiger partial charge in [0, 0.05) is 0 Å². The molecule has 21 heavy (non-hydrogen) atoms. The fourth-order valence-electron chi connectivity index (χ4n) is 1.40. The summed E-state index contributed by atoms with van der Waals surface area (Å²) in [5.41, 5.74) is 0. The Hall–Kier alpha value is -2.13. The second kappa shape index (κ2) is 6.10. The van der Waals surface area contributed by atoms with E-state index in [0.717, 1.165) is 0 Å². The summed E-state index contributed by atoms with van der Waals surface area (Å²) in [4.78, 5) is 11.2. The van der Waals surface area contributed by atoms with Crippen LogP contribution in [0.3, 0.4) is 0 Å². The maximum absolute atomic E-state index is 12.2. The molecule has 0 atom stereocenters. The lowest BCUT2D eigenvalue weighted by Gasteiger charge is -2.09. The molecule has 0 saturated carbocycles. The number of hydrogen-bond acceptors (Lipinski definition) is 7. The van der Waals surface area contributed by atoms with Gasteiger partial charge in [-0.15, -0.1) is 4.98 Å². The molecule has 0 spiro atoms. The molecule has 0 aliphatic rings. The third kappa shape index (κ3) is 3.50. The lowest BCUT2D eigenvalue weighted by Crippen LogP contribution is -2.16. The first-order valence-corrected chi connectivity index (χ1v) is 7.44. The molecule has 0 bridgehead atoms. The van der Waals surface area contributed by atoms with Crippen molar-refractivity contribution < 1.29 is 17.9 Å². The van der Waals surface area contributed by atoms with Crippen LogP contribution in [0, 0.1) is 0 Å². The Kier molecular flexibility index (Phi) is 4.43. The molecule has 2 aromatic rings. The number of halogens is 1. The van der Waals surface area contributed by atoms with Crippen molar-refractivity contribution in [3.05, 3.63) is 29.3 Å². The molecule has 0 aliphatic heterocycles. The van der Waals surface area contributed by atoms with E-state index in [9.17, 15) is 8.42 Å². The van der Waals surface area contributed by atoms with Crippen LogP contribution in [0.4, 0.5) is 5.95 Å². The van der Waals surface area contributed by atoms with Crippen LogP contribution < -0.4 is 14.2 Å². The van der Waals surface area contributed by atoms with Gasteiger partial charge >= 0.3 is 12.0 Å². The van der Waals surface area contributed by atoms with Crippen LogP contribution in [0.15, 0.2) is 29.2 Å². The number of nitrogens with zero attached hydrogens (tertiary/aromatic N) is 3. The summed E-state index contributed by atoms with van der Waals surface area (Å²) in [5.74, 6) is -0.237. The number of methoxy groups -OCH3 is 2. The Balaban J connectivity index is 2.39. The third-order valence-electron chi connectivity index (χ3n) is 2.31. The quantitative estimate of drug-likeness (QED) is 0.882. The number of anilines is 1. The van der Waals surface area contributed by atoms with Crippen molar-refractivity contribution in [3.63, 3.8) is 0 Å². The van der Waals surface area contributed by atoms with Gasteiger partial charge in [-0.3, -0.25) is 0 Å². The Bertz CT molecular complexity index is 731. The number of benzene rings is 1. The molecule has 0 unspecified atom stereocenters. The van der Waals surface area contributed by atoms with E-state index in [1.54, 1.807) is 12.1 Å². The Labute approximate surface area is 126 Å². The highest BCUT2D eigenvalue weighted by atomic mass is 35.5. The molecular weight excluding hydrogens is 320 g/mol. The smallest absolute Gasteiger partial charge is 0.324 e. The Morgan fingerprint density at radius 1 is 1.05 bits per heavy atom. The summed E-state index contributed by atoms with van der Waals surface area (Å²) in [5, 5.41) is 0.0815. The van der Waals surface area contributed by atoms with Crippen LogP contribution in [-0.2, 0) is 10.0 Å². The van der Waals surface area contributed by atoms with Gasteiger partial charge in [0.2, 0.25) is 5.95 Å². The fourth-order valence-corrected chi connectivity index (χ4v) is 2.87. The van der Waals surface area contributed by atoms with E-state index in [-0.39, 0.29) is 27.9 Å². The van der Waals surface area contributed by atoms with E-state index in [1.807, 2.05) is 0 Å². The van der Waals surface area contributed by atoms with E-state index >= 15 is 0 Å². The summed E-state index contributed by atoms with van der Waals surface area (Å²) in [6, 6.07) is 5.83. The van der Waals surface area contributed by atoms with E-state index in [0.29, 0.717) is 0 Å². The molecule has 112 valence electrons. The second-order valence-corrected chi connectivity index (χ2v) is 5.73. The minimum Gasteiger partial charge on any atom is -0.467 e. The van der Waals surface area contributed by atoms with Crippen molar-refractivity contribution in [3.8, 4) is 12.0 Å². The average Bonchev–Trinajstić information content (AvgIpc) is 2.46. The average molecular weight is 331 g/mol. The maximum atomic E-state index is 12.2. The van der Waals surface area contributed by atoms with Crippen molar-refractivity contribution in [2.45, 2.75) is 4.90 Å². The molecule has 2 rings (SSSR count). The van der Waals surface area contributed by atoms with Gasteiger partial charge in [0.25, 0.3) is 10.0 Å². The van der Waals surface area contributed by atoms with E-state index in [4.69, 9.17) is 21.1 Å². The number of rotatable bonds is 5. The first kappa shape index (κ1) is 15.3. The van der Waals surface area contributed by atoms with Crippen LogP contribution in [0.25, 0.3) is 0 Å². The maximum Gasteiger partial charge on any atom is 0.324 e. The monoisotopic (exact) mass is 330 g/mol. The SMILES string of the molecule is COc1nc(NS(=O)(=O)c2ccccc2Cl)nc(OC)n1. The summed E-state index contributed by atoms with van der Waals surface area (Å²) >= 11 is 5.87. The molecule has 10 heteroatoms. The van der Waals surface area contributed by atoms with Gasteiger partial charge in [0.05, 0.1) is 19.2 Å². The van der Waals surface area contributed by atoms with Gasteiger partial charge in [0.1, 0.15) is 4.90 Å². The molecule has 0 fully saturated rings. The lowest BCUT2D eigenvalue weighted by molar-refractivity contribution is 0.341. The van der Waals surface area contributed by atoms with Crippen LogP contribution in [-0.4, -0.2) is 37.6 Å². The van der Waals surface area contributed by atoms with Crippen LogP contribution in [0.1, 0.15) is 0 Å². The van der Waals surface area contributed by atoms with Gasteiger partial charge < -0.3 is 9.47 Å². The summed E-state index contributed by atoms with van der Waals surface area (Å²) in [6.07, 6.45) is 0. The van der Waals surface area contributed by atoms with Crippen molar-refractivity contribution in [2.75, 3.05) is 18.9 Å². The highest BCUT2D eigenvalue weighted by Crippen LogP contribution is 2.23. The molecule has 1 heterocycles. The van der Waals surface area contributed by atoms with E-state index < -0.39 is 10.0 Å². The minimum atomic E-state index is -3.94. The van der Waals surface area contributed by atoms with Gasteiger partial charge in [-0.05, 0) is 12.1 Å². The molecule has 1 aromatic heterocycles. The molecule has 1 aromatic carbocycles. The van der Waals surface area contributed by atoms with E-state index in [2.05, 4.69) is 19.7 Å². The van der Waals surface area contributed by atoms with Crippen molar-refractivity contribution in [1.29, 1.82) is 0 Å². The number of hydrogen-bond donors (Lipinski definition) is 1. The van der Waals surface area contributed by atoms with Crippen LogP contribution in [0.5, 0.6) is 12.0 Å². The van der Waals surface area contributed by atoms with Crippen molar-refractivity contribution in [2.24, 2.45) is 0 Å². The molecule has 8 nitrogen and oxygen atoms in total. The minimum absolute atomic E-state index is 0.0815. The predicted molar refractivity (Wildman–Crippen MR) is 75.2 cm³/mol. The first-order chi connectivity index (χ1) is 9.96. The molecule has 0 aliphatic carbocycles. The van der Waals surface area contributed by atoms with Crippen molar-refractivity contribution >= 4 is 27.6 Å². The second-order valence-electron chi connectivity index (χ2n) is 3.67. The molecule has 1 N–H and O–H groups in total. The summed E-state index contributed by atoms with van der Waals surface area (Å²) in [7, 11) is -1.27. The zero-order chi connectivity index (χ0) is 15.5. The summed E-state index contributed by atoms with van der Waals surface area (Å²) in [6.45, 7) is 0. The predicted octanol–water partition coefficient (Wildman–Crippen LogP) is 1.34. The van der Waals surface area contributed by atoms with Gasteiger partial charge in [-0.25, -0.2) is 13.1 Å². The topological polar surface area (TPSA) is 103 Å². The fraction of sp³-hybridized carbons (Fsp3) is 0.182. The zero-order valence-electron chi connectivity index (χ0n) is 11.1.